The number of hydrogen-bond acceptors (Lipinski definition) is 3. The average molecular weight is 229 g/mol. The van der Waals surface area contributed by atoms with Gasteiger partial charge in [-0.25, -0.2) is 0 Å². The van der Waals surface area contributed by atoms with E-state index in [2.05, 4.69) is 9.47 Å². The second-order valence-corrected chi connectivity index (χ2v) is 4.11. The Kier molecular flexibility index (Phi) is 2.50. The standard InChI is InChI=1S/C11H13F2NO2/c1-6(2)9(14)7-4-3-5-8-10(7)16-11(12,13)15-8/h3-6,9H,14H2,1-2H3. The molecule has 1 aliphatic rings. The minimum absolute atomic E-state index is 0.0404. The highest BCUT2D eigenvalue weighted by atomic mass is 19.3. The van der Waals surface area contributed by atoms with Crippen molar-refractivity contribution in [2.24, 2.45) is 11.7 Å². The summed E-state index contributed by atoms with van der Waals surface area (Å²) in [7, 11) is 0. The maximum Gasteiger partial charge on any atom is 0.586 e. The fourth-order valence-corrected chi connectivity index (χ4v) is 1.61. The Morgan fingerprint density at radius 3 is 2.56 bits per heavy atom. The van der Waals surface area contributed by atoms with Crippen molar-refractivity contribution in [3.63, 3.8) is 0 Å². The summed E-state index contributed by atoms with van der Waals surface area (Å²) >= 11 is 0. The lowest BCUT2D eigenvalue weighted by Gasteiger charge is -2.17. The predicted molar refractivity (Wildman–Crippen MR) is 54.4 cm³/mol. The van der Waals surface area contributed by atoms with Crippen molar-refractivity contribution in [1.29, 1.82) is 0 Å². The molecule has 2 N–H and O–H groups in total. The number of rotatable bonds is 2. The van der Waals surface area contributed by atoms with Crippen LogP contribution in [-0.2, 0) is 0 Å². The molecule has 0 amide bonds. The molecule has 0 fully saturated rings. The van der Waals surface area contributed by atoms with Gasteiger partial charge in [0.1, 0.15) is 0 Å². The topological polar surface area (TPSA) is 44.5 Å². The number of nitrogens with two attached hydrogens (primary N) is 1. The van der Waals surface area contributed by atoms with Gasteiger partial charge in [0, 0.05) is 11.6 Å². The zero-order valence-electron chi connectivity index (χ0n) is 9.04. The monoisotopic (exact) mass is 229 g/mol. The van der Waals surface area contributed by atoms with Crippen LogP contribution < -0.4 is 15.2 Å². The van der Waals surface area contributed by atoms with E-state index in [1.807, 2.05) is 13.8 Å². The fraction of sp³-hybridized carbons (Fsp3) is 0.455. The molecule has 1 aromatic carbocycles. The molecule has 0 aliphatic carbocycles. The van der Waals surface area contributed by atoms with Crippen LogP contribution in [0.2, 0.25) is 0 Å². The average Bonchev–Trinajstić information content (AvgIpc) is 2.49. The SMILES string of the molecule is CC(C)C(N)c1cccc2c1OC(F)(F)O2. The van der Waals surface area contributed by atoms with E-state index >= 15 is 0 Å². The van der Waals surface area contributed by atoms with Gasteiger partial charge < -0.3 is 15.2 Å². The summed E-state index contributed by atoms with van der Waals surface area (Å²) in [5, 5.41) is 0. The number of ether oxygens (including phenoxy) is 2. The minimum atomic E-state index is -3.59. The van der Waals surface area contributed by atoms with Crippen molar-refractivity contribution in [3.05, 3.63) is 23.8 Å². The maximum absolute atomic E-state index is 12.9. The lowest BCUT2D eigenvalue weighted by Crippen LogP contribution is -2.26. The van der Waals surface area contributed by atoms with E-state index in [0.717, 1.165) is 0 Å². The number of alkyl halides is 2. The van der Waals surface area contributed by atoms with E-state index in [-0.39, 0.29) is 23.5 Å². The van der Waals surface area contributed by atoms with Crippen LogP contribution >= 0.6 is 0 Å². The molecular formula is C11H13F2NO2. The highest BCUT2D eigenvalue weighted by molar-refractivity contribution is 5.50. The minimum Gasteiger partial charge on any atom is -0.395 e. The number of benzene rings is 1. The Morgan fingerprint density at radius 2 is 1.94 bits per heavy atom. The normalized spacial score (nSPS) is 18.9. The van der Waals surface area contributed by atoms with Gasteiger partial charge in [0.2, 0.25) is 0 Å². The molecule has 1 unspecified atom stereocenters. The Labute approximate surface area is 92.1 Å². The Balaban J connectivity index is 2.41. The summed E-state index contributed by atoms with van der Waals surface area (Å²) in [6.07, 6.45) is -3.59. The van der Waals surface area contributed by atoms with Gasteiger partial charge in [-0.3, -0.25) is 0 Å². The van der Waals surface area contributed by atoms with Gasteiger partial charge in [0.25, 0.3) is 0 Å². The molecule has 2 rings (SSSR count). The molecule has 1 heterocycles. The lowest BCUT2D eigenvalue weighted by atomic mass is 9.96. The van der Waals surface area contributed by atoms with Crippen molar-refractivity contribution in [2.45, 2.75) is 26.2 Å². The summed E-state index contributed by atoms with van der Waals surface area (Å²) in [5.41, 5.74) is 6.46. The molecule has 16 heavy (non-hydrogen) atoms. The van der Waals surface area contributed by atoms with Gasteiger partial charge in [-0.15, -0.1) is 8.78 Å². The Hall–Kier alpha value is -1.36. The number of halogens is 2. The second-order valence-electron chi connectivity index (χ2n) is 4.11. The molecule has 0 saturated carbocycles. The smallest absolute Gasteiger partial charge is 0.395 e. The predicted octanol–water partition coefficient (Wildman–Crippen LogP) is 2.66. The van der Waals surface area contributed by atoms with Crippen LogP contribution in [0.5, 0.6) is 11.5 Å². The summed E-state index contributed by atoms with van der Waals surface area (Å²) in [5.74, 6) is 0.219. The van der Waals surface area contributed by atoms with Crippen molar-refractivity contribution >= 4 is 0 Å². The van der Waals surface area contributed by atoms with Crippen LogP contribution in [0.1, 0.15) is 25.5 Å². The van der Waals surface area contributed by atoms with Crippen molar-refractivity contribution < 1.29 is 18.3 Å². The summed E-state index contributed by atoms with van der Waals surface area (Å²) in [6, 6.07) is 4.38. The van der Waals surface area contributed by atoms with E-state index in [0.29, 0.717) is 5.56 Å². The third kappa shape index (κ3) is 1.82. The van der Waals surface area contributed by atoms with Gasteiger partial charge in [-0.05, 0) is 12.0 Å². The zero-order valence-corrected chi connectivity index (χ0v) is 9.04. The lowest BCUT2D eigenvalue weighted by molar-refractivity contribution is -0.287. The van der Waals surface area contributed by atoms with Crippen molar-refractivity contribution in [1.82, 2.24) is 0 Å². The Morgan fingerprint density at radius 1 is 1.25 bits per heavy atom. The molecule has 0 bridgehead atoms. The summed E-state index contributed by atoms with van der Waals surface area (Å²) in [6.45, 7) is 3.83. The molecule has 1 atom stereocenters. The van der Waals surface area contributed by atoms with Crippen LogP contribution in [0.25, 0.3) is 0 Å². The Bertz CT molecular complexity index is 407. The number of hydrogen-bond donors (Lipinski definition) is 1. The first-order valence-corrected chi connectivity index (χ1v) is 5.05. The highest BCUT2D eigenvalue weighted by Crippen LogP contribution is 2.45. The van der Waals surface area contributed by atoms with Crippen LogP contribution in [-0.4, -0.2) is 6.29 Å². The van der Waals surface area contributed by atoms with Gasteiger partial charge in [0.15, 0.2) is 11.5 Å². The zero-order chi connectivity index (χ0) is 11.9. The summed E-state index contributed by atoms with van der Waals surface area (Å²) < 4.78 is 34.6. The fourth-order valence-electron chi connectivity index (χ4n) is 1.61. The third-order valence-corrected chi connectivity index (χ3v) is 2.54. The van der Waals surface area contributed by atoms with Crippen LogP contribution in [0, 0.1) is 5.92 Å². The van der Waals surface area contributed by atoms with Gasteiger partial charge in [-0.1, -0.05) is 26.0 Å². The van der Waals surface area contributed by atoms with Crippen LogP contribution in [0.15, 0.2) is 18.2 Å². The number of para-hydroxylation sites is 1. The first-order valence-electron chi connectivity index (χ1n) is 5.05. The maximum atomic E-state index is 12.9. The molecule has 0 saturated heterocycles. The van der Waals surface area contributed by atoms with E-state index < -0.39 is 6.29 Å². The van der Waals surface area contributed by atoms with E-state index in [1.54, 1.807) is 12.1 Å². The van der Waals surface area contributed by atoms with Crippen molar-refractivity contribution in [3.8, 4) is 11.5 Å². The van der Waals surface area contributed by atoms with Gasteiger partial charge in [-0.2, -0.15) is 0 Å². The second kappa shape index (κ2) is 3.59. The van der Waals surface area contributed by atoms with E-state index in [9.17, 15) is 8.78 Å². The molecule has 1 aromatic rings. The van der Waals surface area contributed by atoms with Crippen LogP contribution in [0.4, 0.5) is 8.78 Å². The summed E-state index contributed by atoms with van der Waals surface area (Å²) in [4.78, 5) is 0. The quantitative estimate of drug-likeness (QED) is 0.847. The highest BCUT2D eigenvalue weighted by Gasteiger charge is 2.45. The first kappa shape index (κ1) is 11.1. The molecule has 3 nitrogen and oxygen atoms in total. The van der Waals surface area contributed by atoms with Gasteiger partial charge >= 0.3 is 6.29 Å². The third-order valence-electron chi connectivity index (χ3n) is 2.54. The first-order chi connectivity index (χ1) is 7.41. The molecule has 0 radical (unpaired) electrons. The molecule has 88 valence electrons. The van der Waals surface area contributed by atoms with Crippen LogP contribution in [0.3, 0.4) is 0 Å². The molecule has 1 aliphatic heterocycles. The molecule has 0 aromatic heterocycles. The molecule has 0 spiro atoms. The molecule has 5 heteroatoms. The van der Waals surface area contributed by atoms with E-state index in [4.69, 9.17) is 5.73 Å². The molecular weight excluding hydrogens is 216 g/mol. The van der Waals surface area contributed by atoms with Gasteiger partial charge in [0.05, 0.1) is 0 Å². The largest absolute Gasteiger partial charge is 0.586 e. The number of fused-ring (bicyclic) bond motifs is 1. The van der Waals surface area contributed by atoms with E-state index in [1.165, 1.54) is 6.07 Å². The van der Waals surface area contributed by atoms with Crippen molar-refractivity contribution in [2.75, 3.05) is 0 Å².